The molecule has 1 saturated carbocycles. The van der Waals surface area contributed by atoms with Crippen molar-refractivity contribution in [3.63, 3.8) is 0 Å². The molecule has 1 aliphatic carbocycles. The van der Waals surface area contributed by atoms with Crippen LogP contribution in [0.2, 0.25) is 0 Å². The summed E-state index contributed by atoms with van der Waals surface area (Å²) in [5.74, 6) is 1.41. The van der Waals surface area contributed by atoms with Crippen molar-refractivity contribution in [3.05, 3.63) is 66.4 Å². The molecule has 5 rings (SSSR count). The first kappa shape index (κ1) is 16.4. The van der Waals surface area contributed by atoms with Gasteiger partial charge >= 0.3 is 0 Å². The summed E-state index contributed by atoms with van der Waals surface area (Å²) in [6.45, 7) is 2.41. The molecule has 0 spiro atoms. The van der Waals surface area contributed by atoms with Gasteiger partial charge < -0.3 is 9.64 Å². The summed E-state index contributed by atoms with van der Waals surface area (Å²) in [6.07, 6.45) is 9.25. The van der Waals surface area contributed by atoms with Gasteiger partial charge in [-0.15, -0.1) is 0 Å². The molecule has 0 bridgehead atoms. The summed E-state index contributed by atoms with van der Waals surface area (Å²) >= 11 is 0. The van der Waals surface area contributed by atoms with Crippen molar-refractivity contribution in [2.75, 3.05) is 18.1 Å². The van der Waals surface area contributed by atoms with Crippen LogP contribution in [-0.2, 0) is 11.3 Å². The number of hydrogen-bond acceptors (Lipinski definition) is 5. The number of para-hydroxylation sites is 1. The van der Waals surface area contributed by atoms with Crippen LogP contribution in [0.3, 0.4) is 0 Å². The van der Waals surface area contributed by atoms with Crippen molar-refractivity contribution >= 4 is 5.82 Å². The second-order valence-electron chi connectivity index (χ2n) is 7.35. The summed E-state index contributed by atoms with van der Waals surface area (Å²) in [6, 6.07) is 12.9. The fourth-order valence-corrected chi connectivity index (χ4v) is 3.65. The number of aromatic nitrogens is 4. The predicted octanol–water partition coefficient (Wildman–Crippen LogP) is 3.34. The van der Waals surface area contributed by atoms with Gasteiger partial charge in [0, 0.05) is 42.9 Å². The highest BCUT2D eigenvalue weighted by molar-refractivity contribution is 5.44. The van der Waals surface area contributed by atoms with E-state index in [4.69, 9.17) is 4.74 Å². The Morgan fingerprint density at radius 1 is 1.11 bits per heavy atom. The Morgan fingerprint density at radius 2 is 2.00 bits per heavy atom. The third-order valence-electron chi connectivity index (χ3n) is 5.31. The van der Waals surface area contributed by atoms with Gasteiger partial charge in [0.1, 0.15) is 12.1 Å². The van der Waals surface area contributed by atoms with Crippen molar-refractivity contribution in [3.8, 4) is 5.69 Å². The van der Waals surface area contributed by atoms with Crippen LogP contribution >= 0.6 is 0 Å². The average Bonchev–Trinajstić information content (AvgIpc) is 3.21. The molecule has 3 aromatic rings. The normalized spacial score (nSPS) is 19.3. The van der Waals surface area contributed by atoms with Gasteiger partial charge in [0.2, 0.25) is 0 Å². The maximum Gasteiger partial charge on any atom is 0.132 e. The van der Waals surface area contributed by atoms with Crippen molar-refractivity contribution in [1.29, 1.82) is 0 Å². The van der Waals surface area contributed by atoms with Gasteiger partial charge in [0.05, 0.1) is 24.2 Å². The van der Waals surface area contributed by atoms with E-state index in [1.807, 2.05) is 29.1 Å². The van der Waals surface area contributed by atoms with Crippen molar-refractivity contribution in [1.82, 2.24) is 19.7 Å². The van der Waals surface area contributed by atoms with E-state index in [2.05, 4.69) is 44.4 Å². The SMILES string of the molecule is c1ccc(-n2cc(CN(c3cc(C4CCOC4)ncn3)C3CC3)cn2)cc1. The number of hydrogen-bond donors (Lipinski definition) is 0. The number of benzene rings is 1. The van der Waals surface area contributed by atoms with Gasteiger partial charge in [-0.3, -0.25) is 0 Å². The standard InChI is InChI=1S/C21H23N5O/c1-2-4-19(5-3-1)26-13-16(11-24-26)12-25(18-6-7-18)21-10-20(22-15-23-21)17-8-9-27-14-17/h1-5,10-11,13,15,17-18H,6-9,12,14H2. The third-order valence-corrected chi connectivity index (χ3v) is 5.31. The van der Waals surface area contributed by atoms with Gasteiger partial charge in [-0.1, -0.05) is 18.2 Å². The zero-order chi connectivity index (χ0) is 18.1. The van der Waals surface area contributed by atoms with Gasteiger partial charge in [-0.05, 0) is 31.4 Å². The van der Waals surface area contributed by atoms with E-state index in [0.717, 1.165) is 43.4 Å². The van der Waals surface area contributed by atoms with E-state index in [1.165, 1.54) is 18.4 Å². The lowest BCUT2D eigenvalue weighted by molar-refractivity contribution is 0.193. The largest absolute Gasteiger partial charge is 0.381 e. The molecule has 0 N–H and O–H groups in total. The maximum atomic E-state index is 5.53. The fraction of sp³-hybridized carbons (Fsp3) is 0.381. The zero-order valence-electron chi connectivity index (χ0n) is 15.2. The smallest absolute Gasteiger partial charge is 0.132 e. The van der Waals surface area contributed by atoms with E-state index in [0.29, 0.717) is 12.0 Å². The molecule has 1 saturated heterocycles. The molecule has 27 heavy (non-hydrogen) atoms. The van der Waals surface area contributed by atoms with Crippen molar-refractivity contribution < 1.29 is 4.74 Å². The lowest BCUT2D eigenvalue weighted by Crippen LogP contribution is -2.26. The van der Waals surface area contributed by atoms with Gasteiger partial charge in [0.15, 0.2) is 0 Å². The average molecular weight is 361 g/mol. The Kier molecular flexibility index (Phi) is 4.33. The molecule has 6 nitrogen and oxygen atoms in total. The molecule has 1 aliphatic heterocycles. The van der Waals surface area contributed by atoms with Crippen LogP contribution in [0.4, 0.5) is 5.82 Å². The van der Waals surface area contributed by atoms with E-state index < -0.39 is 0 Å². The van der Waals surface area contributed by atoms with Crippen LogP contribution < -0.4 is 4.90 Å². The molecule has 1 atom stereocenters. The molecule has 2 aliphatic rings. The summed E-state index contributed by atoms with van der Waals surface area (Å²) in [4.78, 5) is 11.5. The topological polar surface area (TPSA) is 56.1 Å². The second kappa shape index (κ2) is 7.12. The van der Waals surface area contributed by atoms with E-state index >= 15 is 0 Å². The number of rotatable bonds is 6. The lowest BCUT2D eigenvalue weighted by Gasteiger charge is -2.23. The predicted molar refractivity (Wildman–Crippen MR) is 103 cm³/mol. The summed E-state index contributed by atoms with van der Waals surface area (Å²) < 4.78 is 7.46. The first-order chi connectivity index (χ1) is 13.4. The van der Waals surface area contributed by atoms with Crippen LogP contribution in [0.1, 0.15) is 36.4 Å². The minimum atomic E-state index is 0.397. The Bertz CT molecular complexity index is 900. The Hall–Kier alpha value is -2.73. The van der Waals surface area contributed by atoms with Crippen LogP contribution in [0.5, 0.6) is 0 Å². The van der Waals surface area contributed by atoms with E-state index in [1.54, 1.807) is 6.33 Å². The van der Waals surface area contributed by atoms with Crippen LogP contribution in [0.15, 0.2) is 55.1 Å². The Labute approximate surface area is 158 Å². The molecule has 1 unspecified atom stereocenters. The molecular weight excluding hydrogens is 338 g/mol. The molecule has 3 heterocycles. The van der Waals surface area contributed by atoms with Crippen molar-refractivity contribution in [2.45, 2.75) is 37.8 Å². The number of nitrogens with zero attached hydrogens (tertiary/aromatic N) is 5. The number of ether oxygens (including phenoxy) is 1. The highest BCUT2D eigenvalue weighted by Gasteiger charge is 2.31. The zero-order valence-corrected chi connectivity index (χ0v) is 15.2. The third kappa shape index (κ3) is 3.57. The molecule has 6 heteroatoms. The van der Waals surface area contributed by atoms with Crippen LogP contribution in [-0.4, -0.2) is 39.0 Å². The molecular formula is C21H23N5O. The highest BCUT2D eigenvalue weighted by Crippen LogP contribution is 2.33. The first-order valence-corrected chi connectivity index (χ1v) is 9.62. The Balaban J connectivity index is 1.38. The lowest BCUT2D eigenvalue weighted by atomic mass is 10.0. The first-order valence-electron chi connectivity index (χ1n) is 9.62. The molecule has 138 valence electrons. The maximum absolute atomic E-state index is 5.53. The van der Waals surface area contributed by atoms with Gasteiger partial charge in [0.25, 0.3) is 0 Å². The summed E-state index contributed by atoms with van der Waals surface area (Å²) in [5.41, 5.74) is 3.37. The molecule has 0 radical (unpaired) electrons. The summed E-state index contributed by atoms with van der Waals surface area (Å²) in [5, 5.41) is 4.53. The molecule has 1 aromatic carbocycles. The van der Waals surface area contributed by atoms with E-state index in [-0.39, 0.29) is 0 Å². The monoisotopic (exact) mass is 361 g/mol. The van der Waals surface area contributed by atoms with Crippen molar-refractivity contribution in [2.24, 2.45) is 0 Å². The van der Waals surface area contributed by atoms with Crippen LogP contribution in [0.25, 0.3) is 5.69 Å². The molecule has 2 fully saturated rings. The number of anilines is 1. The van der Waals surface area contributed by atoms with Gasteiger partial charge in [-0.25, -0.2) is 14.6 Å². The fourth-order valence-electron chi connectivity index (χ4n) is 3.65. The molecule has 2 aromatic heterocycles. The highest BCUT2D eigenvalue weighted by atomic mass is 16.5. The molecule has 0 amide bonds. The quantitative estimate of drug-likeness (QED) is 0.674. The summed E-state index contributed by atoms with van der Waals surface area (Å²) in [7, 11) is 0. The minimum Gasteiger partial charge on any atom is -0.381 e. The second-order valence-corrected chi connectivity index (χ2v) is 7.35. The van der Waals surface area contributed by atoms with Crippen LogP contribution in [0, 0.1) is 0 Å². The minimum absolute atomic E-state index is 0.397. The van der Waals surface area contributed by atoms with E-state index in [9.17, 15) is 0 Å². The Morgan fingerprint density at radius 3 is 2.78 bits per heavy atom. The van der Waals surface area contributed by atoms with Gasteiger partial charge in [-0.2, -0.15) is 5.10 Å².